The third-order valence-electron chi connectivity index (χ3n) is 4.32. The van der Waals surface area contributed by atoms with Gasteiger partial charge in [0.15, 0.2) is 11.8 Å². The predicted molar refractivity (Wildman–Crippen MR) is 111 cm³/mol. The van der Waals surface area contributed by atoms with Gasteiger partial charge in [0, 0.05) is 17.1 Å². The Morgan fingerprint density at radius 1 is 1.27 bits per heavy atom. The van der Waals surface area contributed by atoms with Crippen molar-refractivity contribution in [2.45, 2.75) is 4.90 Å². The molecule has 0 radical (unpaired) electrons. The lowest BCUT2D eigenvalue weighted by atomic mass is 10.2. The van der Waals surface area contributed by atoms with Crippen molar-refractivity contribution in [3.8, 4) is 6.07 Å². The molecule has 0 fully saturated rings. The van der Waals surface area contributed by atoms with Crippen LogP contribution < -0.4 is 10.2 Å². The van der Waals surface area contributed by atoms with Crippen molar-refractivity contribution in [3.63, 3.8) is 0 Å². The van der Waals surface area contributed by atoms with Gasteiger partial charge in [-0.3, -0.25) is 4.79 Å². The Hall–Kier alpha value is -3.36. The van der Waals surface area contributed by atoms with Crippen LogP contribution in [0.3, 0.4) is 0 Å². The first-order valence-electron chi connectivity index (χ1n) is 8.74. The van der Waals surface area contributed by atoms with Crippen LogP contribution in [0.2, 0.25) is 0 Å². The van der Waals surface area contributed by atoms with Gasteiger partial charge in [0.1, 0.15) is 0 Å². The molecular formula is C19H14N4O5S2. The van der Waals surface area contributed by atoms with E-state index in [1.165, 1.54) is 17.8 Å². The number of carbonyl (C=O) groups excluding carboxylic acids is 2. The van der Waals surface area contributed by atoms with Crippen LogP contribution in [0.5, 0.6) is 0 Å². The van der Waals surface area contributed by atoms with Gasteiger partial charge in [0.05, 0.1) is 28.6 Å². The molecule has 11 heteroatoms. The lowest BCUT2D eigenvalue weighted by Crippen LogP contribution is -2.35. The summed E-state index contributed by atoms with van der Waals surface area (Å²) in [5.74, 6) is -1.28. The minimum absolute atomic E-state index is 0.0628. The number of hydrogen-bond donors (Lipinski definition) is 1. The highest BCUT2D eigenvalue weighted by molar-refractivity contribution is 8.15. The first-order valence-corrected chi connectivity index (χ1v) is 11.2. The van der Waals surface area contributed by atoms with Crippen molar-refractivity contribution in [1.82, 2.24) is 0 Å². The summed E-state index contributed by atoms with van der Waals surface area (Å²) in [5, 5.41) is 11.8. The normalized spacial score (nSPS) is 16.0. The van der Waals surface area contributed by atoms with Crippen LogP contribution in [0.1, 0.15) is 15.9 Å². The molecule has 2 aromatic carbocycles. The Labute approximate surface area is 176 Å². The fourth-order valence-electron chi connectivity index (χ4n) is 2.94. The predicted octanol–water partition coefficient (Wildman–Crippen LogP) is 1.97. The van der Waals surface area contributed by atoms with E-state index in [9.17, 15) is 18.0 Å². The molecule has 1 amide bonds. The van der Waals surface area contributed by atoms with Gasteiger partial charge in [0.25, 0.3) is 15.9 Å². The van der Waals surface area contributed by atoms with E-state index in [4.69, 9.17) is 10.00 Å². The number of esters is 1. The van der Waals surface area contributed by atoms with E-state index in [-0.39, 0.29) is 11.3 Å². The molecule has 0 aromatic heterocycles. The first kappa shape index (κ1) is 19.9. The number of thioether (sulfide) groups is 1. The van der Waals surface area contributed by atoms with E-state index in [1.54, 1.807) is 41.3 Å². The number of fused-ring (bicyclic) bond motifs is 3. The van der Waals surface area contributed by atoms with Crippen LogP contribution in [0.25, 0.3) is 0 Å². The average Bonchev–Trinajstić information content (AvgIpc) is 3.07. The molecule has 0 atom stereocenters. The van der Waals surface area contributed by atoms with E-state index in [0.717, 1.165) is 5.69 Å². The second-order valence-electron chi connectivity index (χ2n) is 6.41. The lowest BCUT2D eigenvalue weighted by molar-refractivity contribution is -0.119. The molecule has 1 N–H and O–H groups in total. The smallest absolute Gasteiger partial charge is 0.338 e. The van der Waals surface area contributed by atoms with Crippen molar-refractivity contribution in [1.29, 1.82) is 5.26 Å². The summed E-state index contributed by atoms with van der Waals surface area (Å²) in [5.41, 5.74) is 1.84. The molecule has 0 spiro atoms. The molecule has 0 saturated carbocycles. The minimum Gasteiger partial charge on any atom is -0.452 e. The van der Waals surface area contributed by atoms with Gasteiger partial charge in [-0.25, -0.2) is 13.2 Å². The molecule has 152 valence electrons. The number of nitrogens with one attached hydrogen (secondary N) is 1. The van der Waals surface area contributed by atoms with Gasteiger partial charge in [-0.15, -0.1) is 4.40 Å². The van der Waals surface area contributed by atoms with Gasteiger partial charge in [-0.05, 0) is 48.2 Å². The molecule has 0 bridgehead atoms. The third kappa shape index (κ3) is 4.14. The number of amides is 1. The summed E-state index contributed by atoms with van der Waals surface area (Å²) >= 11 is 1.17. The number of carbonyl (C=O) groups is 2. The molecular weight excluding hydrogens is 428 g/mol. The highest BCUT2D eigenvalue weighted by Gasteiger charge is 2.33. The molecule has 2 aliphatic heterocycles. The molecule has 0 aliphatic carbocycles. The number of amidine groups is 1. The lowest BCUT2D eigenvalue weighted by Gasteiger charge is -2.22. The maximum absolute atomic E-state index is 12.3. The number of sulfonamides is 1. The van der Waals surface area contributed by atoms with Crippen molar-refractivity contribution in [2.75, 3.05) is 29.1 Å². The zero-order valence-electron chi connectivity index (χ0n) is 15.4. The highest BCUT2D eigenvalue weighted by atomic mass is 32.2. The Bertz CT molecular complexity index is 1230. The maximum Gasteiger partial charge on any atom is 0.338 e. The summed E-state index contributed by atoms with van der Waals surface area (Å²) in [6, 6.07) is 13.2. The van der Waals surface area contributed by atoms with Crippen molar-refractivity contribution < 1.29 is 22.7 Å². The van der Waals surface area contributed by atoms with Crippen molar-refractivity contribution in [3.05, 3.63) is 53.6 Å². The number of anilines is 2. The van der Waals surface area contributed by atoms with Crippen LogP contribution in [-0.2, 0) is 19.6 Å². The highest BCUT2D eigenvalue weighted by Crippen LogP contribution is 2.42. The van der Waals surface area contributed by atoms with E-state index in [0.29, 0.717) is 27.9 Å². The van der Waals surface area contributed by atoms with E-state index >= 15 is 0 Å². The van der Waals surface area contributed by atoms with Gasteiger partial charge < -0.3 is 15.0 Å². The van der Waals surface area contributed by atoms with Crippen LogP contribution in [0.15, 0.2) is 51.8 Å². The van der Waals surface area contributed by atoms with Gasteiger partial charge in [-0.2, -0.15) is 5.26 Å². The largest absolute Gasteiger partial charge is 0.452 e. The standard InChI is InChI=1S/C19H14N4O5S2/c20-10-12-2-1-3-14(8-12)21-17(24)11-28-18(25)13-4-5-15-16(9-13)29-19-22-30(26,27)7-6-23(15)19/h1-5,8-9H,6-7,11H2,(H,21,24). The molecule has 2 heterocycles. The van der Waals surface area contributed by atoms with E-state index in [1.807, 2.05) is 6.07 Å². The molecule has 2 aliphatic rings. The van der Waals surface area contributed by atoms with E-state index in [2.05, 4.69) is 9.71 Å². The number of hydrogen-bond acceptors (Lipinski definition) is 8. The number of nitriles is 1. The van der Waals surface area contributed by atoms with Crippen LogP contribution in [0, 0.1) is 11.3 Å². The Morgan fingerprint density at radius 2 is 2.10 bits per heavy atom. The monoisotopic (exact) mass is 442 g/mol. The average molecular weight is 442 g/mol. The molecule has 2 aromatic rings. The minimum atomic E-state index is -3.46. The quantitative estimate of drug-likeness (QED) is 0.712. The molecule has 0 saturated heterocycles. The van der Waals surface area contributed by atoms with Gasteiger partial charge >= 0.3 is 5.97 Å². The Balaban J connectivity index is 1.40. The van der Waals surface area contributed by atoms with Crippen LogP contribution in [-0.4, -0.2) is 44.4 Å². The Kier molecular flexibility index (Phi) is 5.19. The molecule has 9 nitrogen and oxygen atoms in total. The fourth-order valence-corrected chi connectivity index (χ4v) is 5.23. The summed E-state index contributed by atoms with van der Waals surface area (Å²) in [6.07, 6.45) is 0. The maximum atomic E-state index is 12.3. The van der Waals surface area contributed by atoms with Gasteiger partial charge in [0.2, 0.25) is 0 Å². The molecule has 30 heavy (non-hydrogen) atoms. The zero-order chi connectivity index (χ0) is 21.3. The van der Waals surface area contributed by atoms with Crippen molar-refractivity contribution in [2.24, 2.45) is 4.40 Å². The Morgan fingerprint density at radius 3 is 2.90 bits per heavy atom. The van der Waals surface area contributed by atoms with Gasteiger partial charge in [-0.1, -0.05) is 6.07 Å². The summed E-state index contributed by atoms with van der Waals surface area (Å²) in [6.45, 7) is -0.185. The fraction of sp³-hybridized carbons (Fsp3) is 0.158. The number of benzene rings is 2. The second-order valence-corrected chi connectivity index (χ2v) is 9.18. The molecule has 0 unspecified atom stereocenters. The van der Waals surface area contributed by atoms with Crippen LogP contribution in [0.4, 0.5) is 11.4 Å². The van der Waals surface area contributed by atoms with E-state index < -0.39 is 28.5 Å². The molecule has 4 rings (SSSR count). The summed E-state index contributed by atoms with van der Waals surface area (Å²) < 4.78 is 32.2. The second kappa shape index (κ2) is 7.81. The third-order valence-corrected chi connectivity index (χ3v) is 6.62. The van der Waals surface area contributed by atoms with Crippen LogP contribution >= 0.6 is 11.8 Å². The SMILES string of the molecule is N#Cc1cccc(NC(=O)COC(=O)c2ccc3c(c2)SC2=NS(=O)(=O)CCN23)c1. The zero-order valence-corrected chi connectivity index (χ0v) is 17.0. The number of nitrogens with zero attached hydrogens (tertiary/aromatic N) is 3. The first-order chi connectivity index (χ1) is 14.3. The summed E-state index contributed by atoms with van der Waals surface area (Å²) in [4.78, 5) is 26.8. The number of ether oxygens (including phenoxy) is 1. The summed E-state index contributed by atoms with van der Waals surface area (Å²) in [7, 11) is -3.46. The van der Waals surface area contributed by atoms with Crippen molar-refractivity contribution >= 4 is 50.2 Å². The number of rotatable bonds is 4. The topological polar surface area (TPSA) is 129 Å².